The molecule has 6 nitrogen and oxygen atoms in total. The lowest BCUT2D eigenvalue weighted by atomic mass is 9.68. The van der Waals surface area contributed by atoms with Gasteiger partial charge in [0.05, 0.1) is 5.41 Å². The van der Waals surface area contributed by atoms with Crippen LogP contribution in [0.3, 0.4) is 0 Å². The van der Waals surface area contributed by atoms with Crippen molar-refractivity contribution >= 4 is 22.7 Å². The molecule has 2 aromatic carbocycles. The van der Waals surface area contributed by atoms with Gasteiger partial charge in [-0.2, -0.15) is 0 Å². The molecule has 5 rings (SSSR count). The number of amides is 1. The van der Waals surface area contributed by atoms with E-state index in [-0.39, 0.29) is 12.7 Å². The molecule has 1 N–H and O–H groups in total. The number of hydrogen-bond donors (Lipinski definition) is 1. The molecule has 0 radical (unpaired) electrons. The molecule has 1 aliphatic carbocycles. The smallest absolute Gasteiger partial charge is 0.235 e. The third kappa shape index (κ3) is 2.80. The first kappa shape index (κ1) is 17.1. The van der Waals surface area contributed by atoms with E-state index < -0.39 is 5.41 Å². The third-order valence-corrected chi connectivity index (χ3v) is 5.82. The highest BCUT2D eigenvalue weighted by atomic mass is 16.7. The Morgan fingerprint density at radius 2 is 1.86 bits per heavy atom. The van der Waals surface area contributed by atoms with Crippen molar-refractivity contribution in [1.82, 2.24) is 4.98 Å². The zero-order valence-electron chi connectivity index (χ0n) is 15.8. The number of aromatic nitrogens is 1. The Bertz CT molecular complexity index is 1050. The summed E-state index contributed by atoms with van der Waals surface area (Å²) in [7, 11) is 0. The maximum absolute atomic E-state index is 13.5. The number of carbonyl (C=O) groups excluding carboxylic acids is 1. The van der Waals surface area contributed by atoms with Crippen LogP contribution in [0.15, 0.2) is 40.8 Å². The minimum absolute atomic E-state index is 0.0191. The normalized spacial score (nSPS) is 17.6. The highest BCUT2D eigenvalue weighted by Crippen LogP contribution is 2.44. The number of aryl methyl sites for hydroxylation is 1. The number of rotatable bonds is 3. The van der Waals surface area contributed by atoms with E-state index in [0.717, 1.165) is 66.0 Å². The second-order valence-corrected chi connectivity index (χ2v) is 7.58. The van der Waals surface area contributed by atoms with Crippen LogP contribution in [-0.4, -0.2) is 17.7 Å². The van der Waals surface area contributed by atoms with Crippen LogP contribution in [0.25, 0.3) is 11.1 Å². The highest BCUT2D eigenvalue weighted by molar-refractivity contribution is 6.00. The number of ether oxygens (including phenoxy) is 2. The molecule has 3 aromatic rings. The molecule has 1 aromatic heterocycles. The van der Waals surface area contributed by atoms with Crippen molar-refractivity contribution in [2.24, 2.45) is 0 Å². The molecule has 1 amide bonds. The van der Waals surface area contributed by atoms with Gasteiger partial charge in [0.25, 0.3) is 0 Å². The maximum Gasteiger partial charge on any atom is 0.235 e. The fourth-order valence-electron chi connectivity index (χ4n) is 4.37. The summed E-state index contributed by atoms with van der Waals surface area (Å²) in [5, 5.41) is 3.13. The number of carbonyl (C=O) groups is 1. The number of fused-ring (bicyclic) bond motifs is 2. The minimum atomic E-state index is -0.562. The molecule has 2 heterocycles. The van der Waals surface area contributed by atoms with Gasteiger partial charge in [0.2, 0.25) is 12.7 Å². The van der Waals surface area contributed by atoms with E-state index in [1.54, 1.807) is 0 Å². The zero-order valence-corrected chi connectivity index (χ0v) is 15.8. The van der Waals surface area contributed by atoms with E-state index >= 15 is 0 Å². The standard InChI is InChI=1S/C22H22N2O4/c1-14-23-17-12-16(6-8-18(17)28-14)24-21(25)22(9-3-2-4-10-22)15-5-7-19-20(11-15)27-13-26-19/h5-8,11-12H,2-4,9-10,13H2,1H3,(H,24,25). The first-order chi connectivity index (χ1) is 13.6. The lowest BCUT2D eigenvalue weighted by Crippen LogP contribution is -2.42. The van der Waals surface area contributed by atoms with Crippen LogP contribution in [0.1, 0.15) is 43.6 Å². The Balaban J connectivity index is 1.49. The van der Waals surface area contributed by atoms with Crippen molar-refractivity contribution in [2.45, 2.75) is 44.4 Å². The summed E-state index contributed by atoms with van der Waals surface area (Å²) in [6.07, 6.45) is 4.87. The molecular formula is C22H22N2O4. The molecule has 0 saturated heterocycles. The molecule has 0 unspecified atom stereocenters. The predicted molar refractivity (Wildman–Crippen MR) is 105 cm³/mol. The number of oxazole rings is 1. The molecule has 0 atom stereocenters. The molecular weight excluding hydrogens is 356 g/mol. The summed E-state index contributed by atoms with van der Waals surface area (Å²) >= 11 is 0. The van der Waals surface area contributed by atoms with Gasteiger partial charge in [0.1, 0.15) is 5.52 Å². The van der Waals surface area contributed by atoms with Crippen molar-refractivity contribution in [3.05, 3.63) is 47.9 Å². The Kier molecular flexibility index (Phi) is 4.00. The SMILES string of the molecule is Cc1nc2cc(NC(=O)C3(c4ccc5c(c4)OCO5)CCCCC3)ccc2o1. The highest BCUT2D eigenvalue weighted by Gasteiger charge is 2.42. The van der Waals surface area contributed by atoms with Crippen molar-refractivity contribution in [1.29, 1.82) is 0 Å². The van der Waals surface area contributed by atoms with Gasteiger partial charge in [-0.1, -0.05) is 25.3 Å². The Morgan fingerprint density at radius 3 is 2.71 bits per heavy atom. The van der Waals surface area contributed by atoms with Crippen LogP contribution in [-0.2, 0) is 10.2 Å². The van der Waals surface area contributed by atoms with Crippen LogP contribution in [0.5, 0.6) is 11.5 Å². The van der Waals surface area contributed by atoms with Crippen LogP contribution in [0, 0.1) is 6.92 Å². The van der Waals surface area contributed by atoms with Gasteiger partial charge < -0.3 is 19.2 Å². The molecule has 0 spiro atoms. The fourth-order valence-corrected chi connectivity index (χ4v) is 4.37. The lowest BCUT2D eigenvalue weighted by molar-refractivity contribution is -0.122. The quantitative estimate of drug-likeness (QED) is 0.715. The van der Waals surface area contributed by atoms with Crippen LogP contribution in [0.4, 0.5) is 5.69 Å². The molecule has 1 saturated carbocycles. The number of hydrogen-bond acceptors (Lipinski definition) is 5. The predicted octanol–water partition coefficient (Wildman–Crippen LogP) is 4.71. The van der Waals surface area contributed by atoms with Gasteiger partial charge in [-0.25, -0.2) is 4.98 Å². The first-order valence-electron chi connectivity index (χ1n) is 9.73. The molecule has 144 valence electrons. The topological polar surface area (TPSA) is 73.6 Å². The van der Waals surface area contributed by atoms with E-state index in [1.807, 2.05) is 43.3 Å². The number of anilines is 1. The first-order valence-corrected chi connectivity index (χ1v) is 9.73. The van der Waals surface area contributed by atoms with E-state index in [9.17, 15) is 4.79 Å². The third-order valence-electron chi connectivity index (χ3n) is 5.82. The van der Waals surface area contributed by atoms with Crippen molar-refractivity contribution in [2.75, 3.05) is 12.1 Å². The molecule has 28 heavy (non-hydrogen) atoms. The van der Waals surface area contributed by atoms with Gasteiger partial charge in [-0.05, 0) is 48.7 Å². The van der Waals surface area contributed by atoms with Gasteiger partial charge in [0.15, 0.2) is 23.0 Å². The molecule has 0 bridgehead atoms. The zero-order chi connectivity index (χ0) is 19.1. The van der Waals surface area contributed by atoms with Gasteiger partial charge in [0, 0.05) is 12.6 Å². The number of benzene rings is 2. The average molecular weight is 378 g/mol. The van der Waals surface area contributed by atoms with Crippen LogP contribution >= 0.6 is 0 Å². The van der Waals surface area contributed by atoms with E-state index in [4.69, 9.17) is 13.9 Å². The van der Waals surface area contributed by atoms with Crippen LogP contribution < -0.4 is 14.8 Å². The Hall–Kier alpha value is -3.02. The maximum atomic E-state index is 13.5. The Labute approximate surface area is 162 Å². The second-order valence-electron chi connectivity index (χ2n) is 7.58. The van der Waals surface area contributed by atoms with E-state index in [0.29, 0.717) is 5.89 Å². The minimum Gasteiger partial charge on any atom is -0.454 e. The van der Waals surface area contributed by atoms with Crippen molar-refractivity contribution < 1.29 is 18.7 Å². The number of nitrogens with zero attached hydrogens (tertiary/aromatic N) is 1. The summed E-state index contributed by atoms with van der Waals surface area (Å²) in [5.41, 5.74) is 2.63. The largest absolute Gasteiger partial charge is 0.454 e. The summed E-state index contributed by atoms with van der Waals surface area (Å²) < 4.78 is 16.5. The van der Waals surface area contributed by atoms with Crippen molar-refractivity contribution in [3.63, 3.8) is 0 Å². The average Bonchev–Trinajstić information content (AvgIpc) is 3.32. The van der Waals surface area contributed by atoms with Gasteiger partial charge >= 0.3 is 0 Å². The van der Waals surface area contributed by atoms with E-state index in [2.05, 4.69) is 10.3 Å². The molecule has 1 aliphatic heterocycles. The molecule has 6 heteroatoms. The lowest BCUT2D eigenvalue weighted by Gasteiger charge is -2.36. The van der Waals surface area contributed by atoms with Gasteiger partial charge in [-0.3, -0.25) is 4.79 Å². The summed E-state index contributed by atoms with van der Waals surface area (Å²) in [6.45, 7) is 2.05. The summed E-state index contributed by atoms with van der Waals surface area (Å²) in [4.78, 5) is 17.9. The summed E-state index contributed by atoms with van der Waals surface area (Å²) in [6, 6.07) is 11.4. The molecule has 2 aliphatic rings. The number of nitrogens with one attached hydrogen (secondary N) is 1. The molecule has 1 fully saturated rings. The van der Waals surface area contributed by atoms with E-state index in [1.165, 1.54) is 0 Å². The van der Waals surface area contributed by atoms with Crippen molar-refractivity contribution in [3.8, 4) is 11.5 Å². The van der Waals surface area contributed by atoms with Crippen LogP contribution in [0.2, 0.25) is 0 Å². The Morgan fingerprint density at radius 1 is 1.04 bits per heavy atom. The second kappa shape index (κ2) is 6.55. The fraction of sp³-hybridized carbons (Fsp3) is 0.364. The summed E-state index contributed by atoms with van der Waals surface area (Å²) in [5.74, 6) is 2.09. The van der Waals surface area contributed by atoms with Gasteiger partial charge in [-0.15, -0.1) is 0 Å². The monoisotopic (exact) mass is 378 g/mol.